The van der Waals surface area contributed by atoms with Crippen molar-refractivity contribution in [2.24, 2.45) is 0 Å². The van der Waals surface area contributed by atoms with Crippen molar-refractivity contribution in [1.29, 1.82) is 0 Å². The number of rotatable bonds is 2. The molecule has 1 aliphatic heterocycles. The van der Waals surface area contributed by atoms with Crippen LogP contribution in [0.3, 0.4) is 0 Å². The van der Waals surface area contributed by atoms with Crippen molar-refractivity contribution in [3.05, 3.63) is 0 Å². The molecule has 0 spiro atoms. The fourth-order valence-corrected chi connectivity index (χ4v) is 1.75. The van der Waals surface area contributed by atoms with Crippen LogP contribution < -0.4 is 5.32 Å². The standard InChI is InChI=1S/C10H21NO5/c1-10(2,3)11-6-8(14)7(13)5(4-12)16-9(6)15/h5-9,11-15H,4H2,1-3H3/t5-,6+,7-,8-,9?/m1/s1. The molecule has 0 aromatic carbocycles. The Bertz CT molecular complexity index is 230. The minimum absolute atomic E-state index is 0.332. The molecule has 1 aliphatic rings. The first-order valence-electron chi connectivity index (χ1n) is 5.34. The van der Waals surface area contributed by atoms with Crippen LogP contribution in [0.15, 0.2) is 0 Å². The van der Waals surface area contributed by atoms with Crippen LogP contribution in [-0.4, -0.2) is 63.2 Å². The van der Waals surface area contributed by atoms with Gasteiger partial charge in [-0.25, -0.2) is 0 Å². The zero-order valence-corrected chi connectivity index (χ0v) is 9.79. The number of aliphatic hydroxyl groups is 4. The van der Waals surface area contributed by atoms with E-state index in [4.69, 9.17) is 9.84 Å². The third-order valence-electron chi connectivity index (χ3n) is 2.50. The Labute approximate surface area is 94.9 Å². The highest BCUT2D eigenvalue weighted by molar-refractivity contribution is 4.95. The molecular weight excluding hydrogens is 214 g/mol. The molecule has 6 heteroatoms. The molecule has 6 nitrogen and oxygen atoms in total. The molecule has 1 saturated heterocycles. The van der Waals surface area contributed by atoms with E-state index in [9.17, 15) is 15.3 Å². The van der Waals surface area contributed by atoms with Crippen molar-refractivity contribution in [3.63, 3.8) is 0 Å². The van der Waals surface area contributed by atoms with Gasteiger partial charge in [0.25, 0.3) is 0 Å². The molecule has 0 bridgehead atoms. The molecule has 0 aromatic heterocycles. The Morgan fingerprint density at radius 3 is 2.12 bits per heavy atom. The number of hydrogen-bond acceptors (Lipinski definition) is 6. The van der Waals surface area contributed by atoms with Gasteiger partial charge in [-0.1, -0.05) is 0 Å². The second kappa shape index (κ2) is 4.95. The summed E-state index contributed by atoms with van der Waals surface area (Å²) in [6.45, 7) is 5.17. The normalized spacial score (nSPS) is 41.1. The largest absolute Gasteiger partial charge is 0.394 e. The van der Waals surface area contributed by atoms with Gasteiger partial charge < -0.3 is 30.5 Å². The Balaban J connectivity index is 2.72. The van der Waals surface area contributed by atoms with Gasteiger partial charge in [0.05, 0.1) is 12.6 Å². The molecule has 5 atom stereocenters. The molecule has 96 valence electrons. The van der Waals surface area contributed by atoms with E-state index in [2.05, 4.69) is 5.32 Å². The van der Waals surface area contributed by atoms with E-state index in [1.54, 1.807) is 0 Å². The molecule has 0 amide bonds. The fraction of sp³-hybridized carbons (Fsp3) is 1.00. The Morgan fingerprint density at radius 2 is 1.69 bits per heavy atom. The molecule has 0 aliphatic carbocycles. The Morgan fingerprint density at radius 1 is 1.12 bits per heavy atom. The zero-order chi connectivity index (χ0) is 12.5. The van der Waals surface area contributed by atoms with Crippen LogP contribution in [0.5, 0.6) is 0 Å². The number of aliphatic hydroxyl groups excluding tert-OH is 4. The van der Waals surface area contributed by atoms with E-state index in [1.165, 1.54) is 0 Å². The molecule has 16 heavy (non-hydrogen) atoms. The Kier molecular flexibility index (Phi) is 4.28. The topological polar surface area (TPSA) is 102 Å². The van der Waals surface area contributed by atoms with Gasteiger partial charge in [0, 0.05) is 5.54 Å². The van der Waals surface area contributed by atoms with Crippen LogP contribution in [0.2, 0.25) is 0 Å². The van der Waals surface area contributed by atoms with Crippen molar-refractivity contribution in [1.82, 2.24) is 5.32 Å². The predicted octanol–water partition coefficient (Wildman–Crippen LogP) is -1.83. The highest BCUT2D eigenvalue weighted by Crippen LogP contribution is 2.21. The van der Waals surface area contributed by atoms with E-state index in [0.29, 0.717) is 0 Å². The summed E-state index contributed by atoms with van der Waals surface area (Å²) in [7, 11) is 0. The minimum atomic E-state index is -1.25. The van der Waals surface area contributed by atoms with Crippen molar-refractivity contribution in [3.8, 4) is 0 Å². The summed E-state index contributed by atoms with van der Waals surface area (Å²) in [5.41, 5.74) is -0.332. The van der Waals surface area contributed by atoms with Gasteiger partial charge in [-0.15, -0.1) is 0 Å². The van der Waals surface area contributed by atoms with Crippen LogP contribution in [0.25, 0.3) is 0 Å². The fourth-order valence-electron chi connectivity index (χ4n) is 1.75. The monoisotopic (exact) mass is 235 g/mol. The summed E-state index contributed by atoms with van der Waals surface area (Å²) in [5, 5.41) is 41.0. The highest BCUT2D eigenvalue weighted by Gasteiger charge is 2.44. The van der Waals surface area contributed by atoms with Crippen molar-refractivity contribution in [2.75, 3.05) is 6.61 Å². The molecule has 1 fully saturated rings. The molecule has 0 saturated carbocycles. The minimum Gasteiger partial charge on any atom is -0.394 e. The molecule has 0 aromatic rings. The molecular formula is C10H21NO5. The molecule has 5 N–H and O–H groups in total. The SMILES string of the molecule is CC(C)(C)N[C@@H]1C(O)O[C@H](CO)[C@@H](O)[C@@H]1O. The van der Waals surface area contributed by atoms with Crippen LogP contribution >= 0.6 is 0 Å². The number of hydrogen-bond donors (Lipinski definition) is 5. The predicted molar refractivity (Wildman–Crippen MR) is 56.7 cm³/mol. The van der Waals surface area contributed by atoms with Crippen LogP contribution in [0.4, 0.5) is 0 Å². The Hall–Kier alpha value is -0.240. The number of nitrogens with one attached hydrogen (secondary N) is 1. The van der Waals surface area contributed by atoms with Crippen molar-refractivity contribution in [2.45, 2.75) is 57.0 Å². The lowest BCUT2D eigenvalue weighted by atomic mass is 9.94. The first-order valence-corrected chi connectivity index (χ1v) is 5.34. The van der Waals surface area contributed by atoms with Gasteiger partial charge in [-0.05, 0) is 20.8 Å². The van der Waals surface area contributed by atoms with Crippen molar-refractivity contribution >= 4 is 0 Å². The first-order chi connectivity index (χ1) is 7.26. The first kappa shape index (κ1) is 13.8. The highest BCUT2D eigenvalue weighted by atomic mass is 16.6. The van der Waals surface area contributed by atoms with Gasteiger partial charge in [0.15, 0.2) is 6.29 Å². The van der Waals surface area contributed by atoms with Crippen LogP contribution in [-0.2, 0) is 4.74 Å². The van der Waals surface area contributed by atoms with Gasteiger partial charge in [0.1, 0.15) is 18.3 Å². The smallest absolute Gasteiger partial charge is 0.173 e. The zero-order valence-electron chi connectivity index (χ0n) is 9.79. The molecule has 1 rings (SSSR count). The van der Waals surface area contributed by atoms with Crippen LogP contribution in [0, 0.1) is 0 Å². The summed E-state index contributed by atoms with van der Waals surface area (Å²) in [6.07, 6.45) is -4.61. The van der Waals surface area contributed by atoms with E-state index in [1.807, 2.05) is 20.8 Å². The molecule has 1 unspecified atom stereocenters. The summed E-state index contributed by atoms with van der Waals surface area (Å²) < 4.78 is 5.01. The van der Waals surface area contributed by atoms with E-state index in [0.717, 1.165) is 0 Å². The lowest BCUT2D eigenvalue weighted by Gasteiger charge is -2.43. The van der Waals surface area contributed by atoms with Gasteiger partial charge >= 0.3 is 0 Å². The van der Waals surface area contributed by atoms with Gasteiger partial charge in [-0.3, -0.25) is 0 Å². The summed E-state index contributed by atoms with van der Waals surface area (Å²) in [5.74, 6) is 0. The number of ether oxygens (including phenoxy) is 1. The average molecular weight is 235 g/mol. The van der Waals surface area contributed by atoms with Crippen molar-refractivity contribution < 1.29 is 25.2 Å². The maximum absolute atomic E-state index is 9.81. The maximum Gasteiger partial charge on any atom is 0.173 e. The van der Waals surface area contributed by atoms with E-state index >= 15 is 0 Å². The summed E-state index contributed by atoms with van der Waals surface area (Å²) in [4.78, 5) is 0. The molecule has 0 radical (unpaired) electrons. The molecule has 1 heterocycles. The lowest BCUT2D eigenvalue weighted by Crippen LogP contribution is -2.65. The van der Waals surface area contributed by atoms with E-state index < -0.39 is 37.3 Å². The summed E-state index contributed by atoms with van der Waals surface area (Å²) in [6, 6.07) is -0.780. The maximum atomic E-state index is 9.81. The third kappa shape index (κ3) is 3.13. The van der Waals surface area contributed by atoms with E-state index in [-0.39, 0.29) is 5.54 Å². The second-order valence-electron chi connectivity index (χ2n) is 5.15. The quantitative estimate of drug-likeness (QED) is 0.386. The van der Waals surface area contributed by atoms with Gasteiger partial charge in [0.2, 0.25) is 0 Å². The van der Waals surface area contributed by atoms with Crippen LogP contribution in [0.1, 0.15) is 20.8 Å². The second-order valence-corrected chi connectivity index (χ2v) is 5.15. The average Bonchev–Trinajstić information content (AvgIpc) is 2.17. The third-order valence-corrected chi connectivity index (χ3v) is 2.50. The van der Waals surface area contributed by atoms with Gasteiger partial charge in [-0.2, -0.15) is 0 Å². The summed E-state index contributed by atoms with van der Waals surface area (Å²) >= 11 is 0. The lowest BCUT2D eigenvalue weighted by molar-refractivity contribution is -0.256.